The first kappa shape index (κ1) is 17.9. The van der Waals surface area contributed by atoms with Gasteiger partial charge < -0.3 is 4.90 Å². The summed E-state index contributed by atoms with van der Waals surface area (Å²) < 4.78 is 25.9. The Balaban J connectivity index is 1.94. The number of hydrogen-bond donors (Lipinski definition) is 0. The van der Waals surface area contributed by atoms with Gasteiger partial charge in [0.1, 0.15) is 0 Å². The predicted octanol–water partition coefficient (Wildman–Crippen LogP) is 1.81. The minimum Gasteiger partial charge on any atom is -0.341 e. The third-order valence-electron chi connectivity index (χ3n) is 4.14. The van der Waals surface area contributed by atoms with E-state index in [-0.39, 0.29) is 11.7 Å². The molecule has 1 aromatic carbocycles. The van der Waals surface area contributed by atoms with Crippen LogP contribution in [0.3, 0.4) is 0 Å². The zero-order valence-corrected chi connectivity index (χ0v) is 14.8. The minimum atomic E-state index is -3.17. The van der Waals surface area contributed by atoms with E-state index < -0.39 is 10.0 Å². The van der Waals surface area contributed by atoms with E-state index in [0.29, 0.717) is 45.4 Å². The fourth-order valence-electron chi connectivity index (χ4n) is 2.80. The van der Waals surface area contributed by atoms with E-state index in [2.05, 4.69) is 0 Å². The fourth-order valence-corrected chi connectivity index (χ4v) is 4.34. The van der Waals surface area contributed by atoms with Crippen molar-refractivity contribution in [3.8, 4) is 0 Å². The van der Waals surface area contributed by atoms with E-state index in [4.69, 9.17) is 0 Å². The van der Waals surface area contributed by atoms with Crippen molar-refractivity contribution in [2.75, 3.05) is 31.9 Å². The van der Waals surface area contributed by atoms with Crippen molar-refractivity contribution in [1.29, 1.82) is 0 Å². The first-order chi connectivity index (χ1) is 10.9. The van der Waals surface area contributed by atoms with Crippen molar-refractivity contribution < 1.29 is 13.2 Å². The molecule has 1 aliphatic heterocycles. The van der Waals surface area contributed by atoms with E-state index in [1.807, 2.05) is 38.1 Å². The van der Waals surface area contributed by atoms with Crippen LogP contribution in [-0.2, 0) is 21.2 Å². The van der Waals surface area contributed by atoms with Gasteiger partial charge in [-0.05, 0) is 25.3 Å². The molecule has 0 unspecified atom stereocenters. The van der Waals surface area contributed by atoms with E-state index in [0.717, 1.165) is 5.56 Å². The summed E-state index contributed by atoms with van der Waals surface area (Å²) >= 11 is 0. The molecule has 1 saturated heterocycles. The topological polar surface area (TPSA) is 57.7 Å². The number of amides is 1. The molecule has 0 saturated carbocycles. The van der Waals surface area contributed by atoms with Gasteiger partial charge in [0.25, 0.3) is 0 Å². The molecule has 6 heteroatoms. The van der Waals surface area contributed by atoms with Crippen LogP contribution in [0, 0.1) is 6.92 Å². The van der Waals surface area contributed by atoms with Crippen LogP contribution >= 0.6 is 0 Å². The Bertz CT molecular complexity index is 626. The second kappa shape index (κ2) is 7.93. The molecule has 1 fully saturated rings. The van der Waals surface area contributed by atoms with Crippen molar-refractivity contribution in [2.24, 2.45) is 0 Å². The molecule has 5 nitrogen and oxygen atoms in total. The molecule has 1 amide bonds. The van der Waals surface area contributed by atoms with Crippen LogP contribution in [-0.4, -0.2) is 55.5 Å². The number of hydrogen-bond acceptors (Lipinski definition) is 3. The van der Waals surface area contributed by atoms with Gasteiger partial charge >= 0.3 is 0 Å². The zero-order chi connectivity index (χ0) is 16.9. The summed E-state index contributed by atoms with van der Waals surface area (Å²) in [5.41, 5.74) is 2.17. The van der Waals surface area contributed by atoms with Crippen molar-refractivity contribution in [3.05, 3.63) is 35.4 Å². The first-order valence-corrected chi connectivity index (χ1v) is 9.84. The summed E-state index contributed by atoms with van der Waals surface area (Å²) in [6.07, 6.45) is 1.69. The second-order valence-corrected chi connectivity index (χ2v) is 8.20. The monoisotopic (exact) mass is 338 g/mol. The summed E-state index contributed by atoms with van der Waals surface area (Å²) in [5.74, 6) is 0.258. The standard InChI is InChI=1S/C17H26N2O3S/c1-3-13-23(21,22)19-10-4-9-18(11-12-19)17(20)14-16-7-5-15(2)6-8-16/h5-8H,3-4,9-14H2,1-2H3. The van der Waals surface area contributed by atoms with Crippen molar-refractivity contribution in [3.63, 3.8) is 0 Å². The Morgan fingerprint density at radius 2 is 1.78 bits per heavy atom. The highest BCUT2D eigenvalue weighted by Gasteiger charge is 2.26. The van der Waals surface area contributed by atoms with Crippen LogP contribution in [0.1, 0.15) is 30.9 Å². The quantitative estimate of drug-likeness (QED) is 0.823. The van der Waals surface area contributed by atoms with E-state index in [1.165, 1.54) is 9.87 Å². The third kappa shape index (κ3) is 5.04. The molecule has 0 radical (unpaired) electrons. The minimum absolute atomic E-state index is 0.0728. The maximum absolute atomic E-state index is 12.4. The highest BCUT2D eigenvalue weighted by molar-refractivity contribution is 7.89. The van der Waals surface area contributed by atoms with Gasteiger partial charge in [0.15, 0.2) is 0 Å². The first-order valence-electron chi connectivity index (χ1n) is 8.23. The molecule has 0 spiro atoms. The van der Waals surface area contributed by atoms with Crippen LogP contribution in [0.5, 0.6) is 0 Å². The molecule has 0 aromatic heterocycles. The fraction of sp³-hybridized carbons (Fsp3) is 0.588. The SMILES string of the molecule is CCCS(=O)(=O)N1CCCN(C(=O)Cc2ccc(C)cc2)CC1. The lowest BCUT2D eigenvalue weighted by atomic mass is 10.1. The molecule has 0 atom stereocenters. The molecule has 0 bridgehead atoms. The van der Waals surface area contributed by atoms with Crippen LogP contribution in [0.4, 0.5) is 0 Å². The Morgan fingerprint density at radius 3 is 2.43 bits per heavy atom. The van der Waals surface area contributed by atoms with Crippen LogP contribution < -0.4 is 0 Å². The Kier molecular flexibility index (Phi) is 6.18. The molecule has 0 aliphatic carbocycles. The summed E-state index contributed by atoms with van der Waals surface area (Å²) in [4.78, 5) is 14.2. The molecule has 1 aliphatic rings. The average molecular weight is 338 g/mol. The molecule has 2 rings (SSSR count). The summed E-state index contributed by atoms with van der Waals surface area (Å²) in [6, 6.07) is 7.96. The van der Waals surface area contributed by atoms with Crippen molar-refractivity contribution >= 4 is 15.9 Å². The normalized spacial score (nSPS) is 17.0. The average Bonchev–Trinajstić information content (AvgIpc) is 2.76. The summed E-state index contributed by atoms with van der Waals surface area (Å²) in [6.45, 7) is 5.91. The molecule has 1 aromatic rings. The van der Waals surface area contributed by atoms with Gasteiger partial charge in [-0.2, -0.15) is 0 Å². The lowest BCUT2D eigenvalue weighted by Gasteiger charge is -2.22. The van der Waals surface area contributed by atoms with Crippen LogP contribution in [0.25, 0.3) is 0 Å². The number of sulfonamides is 1. The molecular formula is C17H26N2O3S. The van der Waals surface area contributed by atoms with Crippen molar-refractivity contribution in [1.82, 2.24) is 9.21 Å². The van der Waals surface area contributed by atoms with E-state index in [9.17, 15) is 13.2 Å². The second-order valence-electron chi connectivity index (χ2n) is 6.11. The number of aryl methyl sites for hydroxylation is 1. The Labute approximate surface area is 139 Å². The van der Waals surface area contributed by atoms with Gasteiger partial charge in [0.2, 0.25) is 15.9 Å². The summed E-state index contributed by atoms with van der Waals surface area (Å²) in [5, 5.41) is 0. The number of carbonyl (C=O) groups excluding carboxylic acids is 1. The largest absolute Gasteiger partial charge is 0.341 e. The molecule has 1 heterocycles. The predicted molar refractivity (Wildman–Crippen MR) is 91.7 cm³/mol. The number of benzene rings is 1. The number of rotatable bonds is 5. The smallest absolute Gasteiger partial charge is 0.227 e. The third-order valence-corrected chi connectivity index (χ3v) is 6.22. The molecular weight excluding hydrogens is 312 g/mol. The van der Waals surface area contributed by atoms with Gasteiger partial charge in [-0.3, -0.25) is 4.79 Å². The van der Waals surface area contributed by atoms with Gasteiger partial charge in [-0.25, -0.2) is 12.7 Å². The lowest BCUT2D eigenvalue weighted by Crippen LogP contribution is -2.38. The van der Waals surface area contributed by atoms with E-state index >= 15 is 0 Å². The van der Waals surface area contributed by atoms with Gasteiger partial charge in [0, 0.05) is 26.2 Å². The zero-order valence-electron chi connectivity index (χ0n) is 14.0. The Morgan fingerprint density at radius 1 is 1.09 bits per heavy atom. The highest BCUT2D eigenvalue weighted by atomic mass is 32.2. The van der Waals surface area contributed by atoms with Crippen LogP contribution in [0.15, 0.2) is 24.3 Å². The number of nitrogens with zero attached hydrogens (tertiary/aromatic N) is 2. The van der Waals surface area contributed by atoms with Gasteiger partial charge in [0.05, 0.1) is 12.2 Å². The lowest BCUT2D eigenvalue weighted by molar-refractivity contribution is -0.130. The van der Waals surface area contributed by atoms with Crippen molar-refractivity contribution in [2.45, 2.75) is 33.1 Å². The maximum atomic E-state index is 12.4. The molecule has 128 valence electrons. The van der Waals surface area contributed by atoms with Gasteiger partial charge in [-0.15, -0.1) is 0 Å². The highest BCUT2D eigenvalue weighted by Crippen LogP contribution is 2.12. The molecule has 23 heavy (non-hydrogen) atoms. The maximum Gasteiger partial charge on any atom is 0.227 e. The molecule has 0 N–H and O–H groups in total. The van der Waals surface area contributed by atoms with Gasteiger partial charge in [-0.1, -0.05) is 36.8 Å². The summed E-state index contributed by atoms with van der Waals surface area (Å²) in [7, 11) is -3.17. The van der Waals surface area contributed by atoms with E-state index in [1.54, 1.807) is 4.90 Å². The number of carbonyl (C=O) groups is 1. The Hall–Kier alpha value is -1.40. The van der Waals surface area contributed by atoms with Crippen LogP contribution in [0.2, 0.25) is 0 Å².